The number of phenols is 2. The second kappa shape index (κ2) is 20.0. The molecule has 368 valence electrons. The van der Waals surface area contributed by atoms with Gasteiger partial charge >= 0.3 is 10.4 Å². The molecule has 0 aliphatic heterocycles. The molecule has 1 amide bonds. The number of nitrogens with one attached hydrogen (secondary N) is 1. The third-order valence-electron chi connectivity index (χ3n) is 8.90. The van der Waals surface area contributed by atoms with Gasteiger partial charge in [-0.05, 0) is 72.5 Å². The number of anilines is 1. The number of aromatic hydroxyl groups is 2. The Bertz CT molecular complexity index is 3680. The number of carbonyl (C=O) groups is 1. The molecule has 5 aromatic carbocycles. The van der Waals surface area contributed by atoms with Crippen LogP contribution in [0.5, 0.6) is 11.5 Å². The fourth-order valence-corrected chi connectivity index (χ4v) is 11.9. The molecule has 68 heavy (non-hydrogen) atoms. The van der Waals surface area contributed by atoms with Gasteiger partial charge in [-0.15, -0.1) is 26.9 Å². The smallest absolute Gasteiger partial charge is 0.398 e. The summed E-state index contributed by atoms with van der Waals surface area (Å²) in [5, 5.41) is 37.0. The third-order valence-corrected chi connectivity index (χ3v) is 16.4. The van der Waals surface area contributed by atoms with Crippen molar-refractivity contribution in [1.82, 2.24) is 0 Å². The van der Waals surface area contributed by atoms with E-state index in [0.717, 1.165) is 36.4 Å². The van der Waals surface area contributed by atoms with Gasteiger partial charge in [0.05, 0.1) is 37.6 Å². The van der Waals surface area contributed by atoms with Gasteiger partial charge in [-0.25, -0.2) is 25.2 Å². The minimum atomic E-state index is -5.57. The van der Waals surface area contributed by atoms with Crippen LogP contribution in [0.4, 0.5) is 28.4 Å². The summed E-state index contributed by atoms with van der Waals surface area (Å²) >= 11 is 2.31. The molecule has 27 nitrogen and oxygen atoms in total. The zero-order valence-electron chi connectivity index (χ0n) is 33.3. The Morgan fingerprint density at radius 3 is 1.88 bits per heavy atom. The summed E-state index contributed by atoms with van der Waals surface area (Å²) < 4.78 is 211. The molecule has 5 aromatic rings. The Labute approximate surface area is 391 Å². The monoisotopic (exact) mass is 1110 g/mol. The maximum absolute atomic E-state index is 12.9. The van der Waals surface area contributed by atoms with Crippen LogP contribution in [0.15, 0.2) is 106 Å². The van der Waals surface area contributed by atoms with Crippen molar-refractivity contribution in [2.75, 3.05) is 28.6 Å². The molecule has 0 aromatic heterocycles. The van der Waals surface area contributed by atoms with Crippen LogP contribution in [0.25, 0.3) is 21.5 Å². The molecule has 0 radical (unpaired) electrons. The van der Waals surface area contributed by atoms with Crippen LogP contribution in [-0.2, 0) is 80.5 Å². The number of rotatable bonds is 19. The normalized spacial score (nSPS) is 13.7. The molecule has 0 aliphatic carbocycles. The van der Waals surface area contributed by atoms with Crippen molar-refractivity contribution >= 4 is 139 Å². The fourth-order valence-electron chi connectivity index (χ4n) is 5.97. The van der Waals surface area contributed by atoms with Crippen LogP contribution in [0.2, 0.25) is 0 Å². The molecule has 5 rings (SSSR count). The summed E-state index contributed by atoms with van der Waals surface area (Å²) in [5.41, 5.74) is -3.81. The van der Waals surface area contributed by atoms with Gasteiger partial charge in [0.15, 0.2) is 38.4 Å². The lowest BCUT2D eigenvalue weighted by Gasteiger charge is -2.15. The highest BCUT2D eigenvalue weighted by Gasteiger charge is 2.29. The van der Waals surface area contributed by atoms with Crippen molar-refractivity contribution in [3.05, 3.63) is 60.7 Å². The number of carbonyl (C=O) groups excluding carboxylic acids is 1. The van der Waals surface area contributed by atoms with E-state index < -0.39 is 182 Å². The average molecular weight is 1110 g/mol. The molecule has 0 bridgehead atoms. The standard InChI is InChI=1S/C33H30ClN5O22S7/c34-9-11-63(45,46)10-1-2-27(40)35-24-14-20(65(49,50)51)12-17-13-26(66(52,53)54)30(32(42)28(17)24)39-37-23-8-7-21-22(33(23)67(55,56)57)15-25(62(43)44)29(31(21)41)38-36-18-3-5-19(6-4-18)64(47,48)16-61-68(58,59)60/h3-8,12-15,41-42H,1-2,9-11,16H2,(H,35,40)(H,43,44)(H,49,50,51)(H,52,53,54)(H,55,56,57)(H,58,59,60). The predicted molar refractivity (Wildman–Crippen MR) is 236 cm³/mol. The number of benzene rings is 5. The van der Waals surface area contributed by atoms with E-state index in [0.29, 0.717) is 24.3 Å². The van der Waals surface area contributed by atoms with E-state index in [1.54, 1.807) is 0 Å². The maximum atomic E-state index is 12.9. The van der Waals surface area contributed by atoms with Gasteiger partial charge in [0, 0.05) is 28.5 Å². The summed E-state index contributed by atoms with van der Waals surface area (Å²) in [4.78, 5) is 7.92. The van der Waals surface area contributed by atoms with Crippen molar-refractivity contribution in [3.8, 4) is 11.5 Å². The molecule has 0 heterocycles. The van der Waals surface area contributed by atoms with Crippen molar-refractivity contribution in [2.45, 2.75) is 37.3 Å². The molecular weight excluding hydrogens is 1080 g/mol. The van der Waals surface area contributed by atoms with Gasteiger partial charge in [-0.3, -0.25) is 23.0 Å². The molecule has 8 N–H and O–H groups in total. The Hall–Kier alpha value is -5.21. The molecule has 1 atom stereocenters. The van der Waals surface area contributed by atoms with Gasteiger partial charge in [0.2, 0.25) is 15.7 Å². The number of halogens is 1. The zero-order chi connectivity index (χ0) is 50.9. The van der Waals surface area contributed by atoms with Crippen LogP contribution in [0, 0.1) is 0 Å². The number of nitrogens with zero attached hydrogens (tertiary/aromatic N) is 4. The molecular formula is C33H30ClN5O22S7. The first-order chi connectivity index (χ1) is 31.2. The molecule has 1 unspecified atom stereocenters. The minimum absolute atomic E-state index is 0.191. The molecule has 35 heteroatoms. The van der Waals surface area contributed by atoms with Gasteiger partial charge in [0.1, 0.15) is 26.9 Å². The Balaban J connectivity index is 1.65. The quantitative estimate of drug-likeness (QED) is 0.0244. The molecule has 0 fully saturated rings. The molecule has 0 saturated heterocycles. The Morgan fingerprint density at radius 2 is 1.32 bits per heavy atom. The zero-order valence-corrected chi connectivity index (χ0v) is 39.8. The van der Waals surface area contributed by atoms with E-state index in [1.165, 1.54) is 0 Å². The maximum Gasteiger partial charge on any atom is 0.398 e. The first-order valence-corrected chi connectivity index (χ1v) is 28.6. The van der Waals surface area contributed by atoms with Crippen LogP contribution in [-0.4, -0.2) is 117 Å². The first kappa shape index (κ1) is 53.7. The lowest BCUT2D eigenvalue weighted by molar-refractivity contribution is -0.116. The number of alkyl halides is 1. The topological polar surface area (TPSA) is 451 Å². The van der Waals surface area contributed by atoms with E-state index in [9.17, 15) is 87.9 Å². The number of fused-ring (bicyclic) bond motifs is 2. The van der Waals surface area contributed by atoms with Crippen LogP contribution >= 0.6 is 11.6 Å². The highest BCUT2D eigenvalue weighted by molar-refractivity contribution is 7.92. The number of sulfone groups is 2. The second-order valence-corrected chi connectivity index (χ2v) is 24.4. The van der Waals surface area contributed by atoms with E-state index in [1.807, 2.05) is 0 Å². The summed E-state index contributed by atoms with van der Waals surface area (Å²) in [6.45, 7) is 0. The first-order valence-electron chi connectivity index (χ1n) is 17.8. The van der Waals surface area contributed by atoms with Crippen molar-refractivity contribution in [3.63, 3.8) is 0 Å². The lowest BCUT2D eigenvalue weighted by atomic mass is 10.1. The number of azo groups is 2. The summed E-state index contributed by atoms with van der Waals surface area (Å²) in [6, 6.07) is 7.76. The number of hydrogen-bond donors (Lipinski definition) is 8. The summed E-state index contributed by atoms with van der Waals surface area (Å²) in [7, 11) is -29.5. The van der Waals surface area contributed by atoms with Gasteiger partial charge in [-0.2, -0.15) is 38.8 Å². The van der Waals surface area contributed by atoms with E-state index in [2.05, 4.69) is 30.0 Å². The average Bonchev–Trinajstić information content (AvgIpc) is 3.20. The van der Waals surface area contributed by atoms with Crippen molar-refractivity contribution < 1.29 is 96.7 Å². The molecule has 0 saturated carbocycles. The number of hydrogen-bond acceptors (Lipinski definition) is 21. The molecule has 0 aliphatic rings. The SMILES string of the molecule is O=C(CCCS(=O)(=O)CCCl)Nc1cc(S(=O)(=O)O)cc2cc(S(=O)(=O)O)c(N=Nc3ccc4c(O)c(N=Nc5ccc(S(=O)(=O)COS(=O)(=O)O)cc5)c(S(=O)O)cc4c3S(=O)(=O)O)c(O)c12. The van der Waals surface area contributed by atoms with E-state index >= 15 is 0 Å². The highest BCUT2D eigenvalue weighted by Crippen LogP contribution is 2.48. The second-order valence-electron chi connectivity index (χ2n) is 13.6. The Kier molecular flexibility index (Phi) is 15.8. The van der Waals surface area contributed by atoms with Crippen molar-refractivity contribution in [2.24, 2.45) is 20.5 Å². The van der Waals surface area contributed by atoms with Crippen molar-refractivity contribution in [1.29, 1.82) is 0 Å². The number of amides is 1. The summed E-state index contributed by atoms with van der Waals surface area (Å²) in [6.07, 6.45) is -0.819. The highest BCUT2D eigenvalue weighted by atomic mass is 35.5. The minimum Gasteiger partial charge on any atom is -0.505 e. The van der Waals surface area contributed by atoms with E-state index in [-0.39, 0.29) is 18.0 Å². The Morgan fingerprint density at radius 1 is 0.691 bits per heavy atom. The van der Waals surface area contributed by atoms with Gasteiger partial charge < -0.3 is 20.1 Å². The largest absolute Gasteiger partial charge is 0.505 e. The molecule has 0 spiro atoms. The lowest BCUT2D eigenvalue weighted by Crippen LogP contribution is -2.16. The van der Waals surface area contributed by atoms with Gasteiger partial charge in [-0.1, -0.05) is 0 Å². The van der Waals surface area contributed by atoms with Crippen LogP contribution < -0.4 is 5.32 Å². The third kappa shape index (κ3) is 12.9. The number of phenolic OH excluding ortho intramolecular Hbond substituents is 2. The van der Waals surface area contributed by atoms with Crippen LogP contribution in [0.3, 0.4) is 0 Å². The summed E-state index contributed by atoms with van der Waals surface area (Å²) in [5.74, 6) is -5.98. The van der Waals surface area contributed by atoms with Gasteiger partial charge in [0.25, 0.3) is 30.4 Å². The fraction of sp³-hybridized carbons (Fsp3) is 0.182. The van der Waals surface area contributed by atoms with E-state index in [4.69, 9.17) is 16.2 Å². The predicted octanol–water partition coefficient (Wildman–Crippen LogP) is 4.48. The van der Waals surface area contributed by atoms with Crippen LogP contribution in [0.1, 0.15) is 12.8 Å².